The Kier molecular flexibility index (Phi) is 3.96. The van der Waals surface area contributed by atoms with E-state index in [0.29, 0.717) is 12.0 Å². The molecule has 5 nitrogen and oxygen atoms in total. The minimum Gasteiger partial charge on any atom is -0.352 e. The Bertz CT molecular complexity index is 395. The monoisotopic (exact) mass is 279 g/mol. The molecule has 0 bridgehead atoms. The van der Waals surface area contributed by atoms with Crippen LogP contribution in [0, 0.1) is 5.92 Å². The third-order valence-corrected chi connectivity index (χ3v) is 4.73. The van der Waals surface area contributed by atoms with Crippen LogP contribution in [0.25, 0.3) is 0 Å². The Morgan fingerprint density at radius 1 is 1.20 bits per heavy atom. The second kappa shape index (κ2) is 5.72. The molecular weight excluding hydrogens is 254 g/mol. The third kappa shape index (κ3) is 2.97. The van der Waals surface area contributed by atoms with E-state index in [2.05, 4.69) is 17.6 Å². The number of hydrogen-bond donors (Lipinski definition) is 2. The number of amides is 2. The van der Waals surface area contributed by atoms with E-state index in [0.717, 1.165) is 51.6 Å². The van der Waals surface area contributed by atoms with Gasteiger partial charge >= 0.3 is 0 Å². The molecule has 3 aliphatic rings. The van der Waals surface area contributed by atoms with E-state index in [1.807, 2.05) is 4.90 Å². The van der Waals surface area contributed by atoms with Crippen LogP contribution in [-0.4, -0.2) is 47.9 Å². The van der Waals surface area contributed by atoms with Gasteiger partial charge in [0.15, 0.2) is 0 Å². The van der Waals surface area contributed by atoms with E-state index in [4.69, 9.17) is 0 Å². The van der Waals surface area contributed by atoms with Crippen molar-refractivity contribution in [2.75, 3.05) is 13.1 Å². The first kappa shape index (κ1) is 13.9. The molecule has 2 saturated heterocycles. The molecule has 2 heterocycles. The third-order valence-electron chi connectivity index (χ3n) is 4.73. The van der Waals surface area contributed by atoms with Crippen LogP contribution in [0.4, 0.5) is 0 Å². The largest absolute Gasteiger partial charge is 0.352 e. The number of carbonyl (C=O) groups is 2. The lowest BCUT2D eigenvalue weighted by atomic mass is 9.93. The predicted octanol–water partition coefficient (Wildman–Crippen LogP) is 0.644. The van der Waals surface area contributed by atoms with Gasteiger partial charge in [0.1, 0.15) is 6.04 Å². The van der Waals surface area contributed by atoms with Crippen molar-refractivity contribution in [2.45, 2.75) is 63.6 Å². The quantitative estimate of drug-likeness (QED) is 0.797. The van der Waals surface area contributed by atoms with Crippen molar-refractivity contribution in [3.8, 4) is 0 Å². The zero-order valence-electron chi connectivity index (χ0n) is 12.2. The van der Waals surface area contributed by atoms with E-state index >= 15 is 0 Å². The molecule has 3 unspecified atom stereocenters. The molecule has 3 fully saturated rings. The molecule has 20 heavy (non-hydrogen) atoms. The van der Waals surface area contributed by atoms with Gasteiger partial charge in [0.2, 0.25) is 11.8 Å². The van der Waals surface area contributed by atoms with E-state index in [9.17, 15) is 9.59 Å². The Morgan fingerprint density at radius 3 is 2.70 bits per heavy atom. The normalized spacial score (nSPS) is 34.0. The van der Waals surface area contributed by atoms with Gasteiger partial charge in [-0.2, -0.15) is 0 Å². The highest BCUT2D eigenvalue weighted by atomic mass is 16.2. The summed E-state index contributed by atoms with van der Waals surface area (Å²) in [4.78, 5) is 26.7. The summed E-state index contributed by atoms with van der Waals surface area (Å²) in [5.74, 6) is 0.777. The molecule has 3 rings (SSSR count). The van der Waals surface area contributed by atoms with Gasteiger partial charge in [0.25, 0.3) is 0 Å². The average molecular weight is 279 g/mol. The van der Waals surface area contributed by atoms with Crippen molar-refractivity contribution in [2.24, 2.45) is 5.92 Å². The van der Waals surface area contributed by atoms with Crippen molar-refractivity contribution in [3.63, 3.8) is 0 Å². The minimum absolute atomic E-state index is 0.0576. The molecule has 3 atom stereocenters. The summed E-state index contributed by atoms with van der Waals surface area (Å²) >= 11 is 0. The standard InChI is InChI=1S/C15H25N3O2/c1-10-6-7-16-12(9-10)15(20)18-8-2-3-13(18)14(19)17-11-4-5-11/h10-13,16H,2-9H2,1H3,(H,17,19). The maximum absolute atomic E-state index is 12.6. The van der Waals surface area contributed by atoms with Crippen molar-refractivity contribution >= 4 is 11.8 Å². The number of nitrogens with zero attached hydrogens (tertiary/aromatic N) is 1. The molecule has 0 spiro atoms. The Morgan fingerprint density at radius 2 is 2.00 bits per heavy atom. The van der Waals surface area contributed by atoms with Gasteiger partial charge < -0.3 is 15.5 Å². The number of piperidine rings is 1. The first-order valence-electron chi connectivity index (χ1n) is 7.99. The van der Waals surface area contributed by atoms with E-state index in [-0.39, 0.29) is 23.9 Å². The fraction of sp³-hybridized carbons (Fsp3) is 0.867. The van der Waals surface area contributed by atoms with Crippen molar-refractivity contribution in [1.82, 2.24) is 15.5 Å². The minimum atomic E-state index is -0.234. The molecule has 112 valence electrons. The first-order valence-corrected chi connectivity index (χ1v) is 7.99. The molecule has 0 aromatic carbocycles. The Labute approximate surface area is 120 Å². The summed E-state index contributed by atoms with van der Waals surface area (Å²) in [6.45, 7) is 3.83. The van der Waals surface area contributed by atoms with Gasteiger partial charge in [0.05, 0.1) is 6.04 Å². The van der Waals surface area contributed by atoms with E-state index in [1.54, 1.807) is 0 Å². The number of nitrogens with one attached hydrogen (secondary N) is 2. The SMILES string of the molecule is CC1CCNC(C(=O)N2CCCC2C(=O)NC2CC2)C1. The molecular formula is C15H25N3O2. The zero-order valence-corrected chi connectivity index (χ0v) is 12.2. The summed E-state index contributed by atoms with van der Waals surface area (Å²) in [5, 5.41) is 6.35. The lowest BCUT2D eigenvalue weighted by Gasteiger charge is -2.32. The number of rotatable bonds is 3. The second-order valence-electron chi connectivity index (χ2n) is 6.61. The molecule has 2 amide bonds. The topological polar surface area (TPSA) is 61.4 Å². The van der Waals surface area contributed by atoms with Crippen LogP contribution in [0.15, 0.2) is 0 Å². The number of carbonyl (C=O) groups excluding carboxylic acids is 2. The van der Waals surface area contributed by atoms with Crippen LogP contribution in [-0.2, 0) is 9.59 Å². The van der Waals surface area contributed by atoms with Crippen LogP contribution in [0.1, 0.15) is 45.4 Å². The Balaban J connectivity index is 1.61. The lowest BCUT2D eigenvalue weighted by molar-refractivity contribution is -0.140. The average Bonchev–Trinajstić information content (AvgIpc) is 3.10. The molecule has 0 aromatic heterocycles. The van der Waals surface area contributed by atoms with Crippen LogP contribution in [0.2, 0.25) is 0 Å². The molecule has 1 saturated carbocycles. The lowest BCUT2D eigenvalue weighted by Crippen LogP contribution is -2.54. The molecule has 0 aromatic rings. The molecule has 0 radical (unpaired) electrons. The van der Waals surface area contributed by atoms with Gasteiger partial charge in [-0.15, -0.1) is 0 Å². The first-order chi connectivity index (χ1) is 9.65. The maximum Gasteiger partial charge on any atom is 0.243 e. The van der Waals surface area contributed by atoms with Gasteiger partial charge in [-0.3, -0.25) is 9.59 Å². The summed E-state index contributed by atoms with van der Waals surface area (Å²) in [7, 11) is 0. The van der Waals surface area contributed by atoms with E-state index in [1.165, 1.54) is 0 Å². The predicted molar refractivity (Wildman–Crippen MR) is 76.1 cm³/mol. The van der Waals surface area contributed by atoms with Crippen molar-refractivity contribution < 1.29 is 9.59 Å². The molecule has 5 heteroatoms. The molecule has 1 aliphatic carbocycles. The fourth-order valence-electron chi connectivity index (χ4n) is 3.32. The number of hydrogen-bond acceptors (Lipinski definition) is 3. The van der Waals surface area contributed by atoms with E-state index < -0.39 is 0 Å². The van der Waals surface area contributed by atoms with Crippen LogP contribution in [0.5, 0.6) is 0 Å². The smallest absolute Gasteiger partial charge is 0.243 e. The maximum atomic E-state index is 12.6. The summed E-state index contributed by atoms with van der Waals surface area (Å²) in [6, 6.07) is 0.0445. The van der Waals surface area contributed by atoms with Gasteiger partial charge in [0, 0.05) is 12.6 Å². The van der Waals surface area contributed by atoms with Crippen molar-refractivity contribution in [3.05, 3.63) is 0 Å². The highest BCUT2D eigenvalue weighted by molar-refractivity contribution is 5.90. The highest BCUT2D eigenvalue weighted by Crippen LogP contribution is 2.24. The summed E-state index contributed by atoms with van der Waals surface area (Å²) in [6.07, 6.45) is 5.97. The molecule has 2 N–H and O–H groups in total. The highest BCUT2D eigenvalue weighted by Gasteiger charge is 2.39. The van der Waals surface area contributed by atoms with Gasteiger partial charge in [-0.05, 0) is 51.0 Å². The number of likely N-dealkylation sites (tertiary alicyclic amines) is 1. The Hall–Kier alpha value is -1.10. The van der Waals surface area contributed by atoms with Crippen LogP contribution < -0.4 is 10.6 Å². The second-order valence-corrected chi connectivity index (χ2v) is 6.61. The van der Waals surface area contributed by atoms with Gasteiger partial charge in [-0.1, -0.05) is 6.92 Å². The summed E-state index contributed by atoms with van der Waals surface area (Å²) in [5.41, 5.74) is 0. The summed E-state index contributed by atoms with van der Waals surface area (Å²) < 4.78 is 0. The zero-order chi connectivity index (χ0) is 14.1. The van der Waals surface area contributed by atoms with Gasteiger partial charge in [-0.25, -0.2) is 0 Å². The van der Waals surface area contributed by atoms with Crippen molar-refractivity contribution in [1.29, 1.82) is 0 Å². The van der Waals surface area contributed by atoms with Crippen LogP contribution in [0.3, 0.4) is 0 Å². The molecule has 2 aliphatic heterocycles. The van der Waals surface area contributed by atoms with Crippen LogP contribution >= 0.6 is 0 Å². The fourth-order valence-corrected chi connectivity index (χ4v) is 3.32.